The van der Waals surface area contributed by atoms with Gasteiger partial charge in [-0.15, -0.1) is 0 Å². The van der Waals surface area contributed by atoms with E-state index in [1.54, 1.807) is 19.4 Å². The molecule has 0 spiro atoms. The van der Waals surface area contributed by atoms with Crippen LogP contribution in [0.25, 0.3) is 22.0 Å². The van der Waals surface area contributed by atoms with Gasteiger partial charge in [0.15, 0.2) is 0 Å². The molecule has 0 aliphatic carbocycles. The number of benzene rings is 2. The van der Waals surface area contributed by atoms with Gasteiger partial charge in [-0.2, -0.15) is 0 Å². The smallest absolute Gasteiger partial charge is 0.253 e. The Bertz CT molecular complexity index is 972. The van der Waals surface area contributed by atoms with Gasteiger partial charge in [-0.05, 0) is 12.5 Å². The maximum atomic E-state index is 12.7. The van der Waals surface area contributed by atoms with Crippen LogP contribution in [0.15, 0.2) is 36.5 Å². The summed E-state index contributed by atoms with van der Waals surface area (Å²) >= 11 is 17.5. The molecule has 0 radical (unpaired) electrons. The van der Waals surface area contributed by atoms with Gasteiger partial charge in [-0.25, -0.2) is 0 Å². The number of hydrogen-bond donors (Lipinski definition) is 1. The first-order chi connectivity index (χ1) is 12.3. The van der Waals surface area contributed by atoms with E-state index in [1.165, 1.54) is 7.11 Å². The molecule has 1 heterocycles. The Morgan fingerprint density at radius 2 is 1.65 bits per heavy atom. The summed E-state index contributed by atoms with van der Waals surface area (Å²) in [5, 5.41) is 0.717. The molecule has 0 saturated carbocycles. The van der Waals surface area contributed by atoms with Crippen LogP contribution in [0.4, 0.5) is 0 Å². The molecule has 0 bridgehead atoms. The lowest BCUT2D eigenvalue weighted by Gasteiger charge is -2.16. The number of fused-ring (bicyclic) bond motifs is 1. The van der Waals surface area contributed by atoms with Gasteiger partial charge in [0.25, 0.3) is 3.79 Å². The summed E-state index contributed by atoms with van der Waals surface area (Å²) in [6.45, 7) is 2.02. The number of methoxy groups -OCH3 is 2. The van der Waals surface area contributed by atoms with Gasteiger partial charge < -0.3 is 14.5 Å². The second kappa shape index (κ2) is 7.03. The highest BCUT2D eigenvalue weighted by Crippen LogP contribution is 2.44. The molecule has 0 atom stereocenters. The summed E-state index contributed by atoms with van der Waals surface area (Å²) in [4.78, 5) is 15.8. The number of nitrogens with one attached hydrogen (secondary N) is 1. The molecule has 0 unspecified atom stereocenters. The van der Waals surface area contributed by atoms with Crippen LogP contribution >= 0.6 is 34.8 Å². The van der Waals surface area contributed by atoms with Crippen molar-refractivity contribution >= 4 is 51.5 Å². The zero-order valence-electron chi connectivity index (χ0n) is 14.3. The van der Waals surface area contributed by atoms with Gasteiger partial charge in [0, 0.05) is 17.8 Å². The van der Waals surface area contributed by atoms with Crippen molar-refractivity contribution in [1.29, 1.82) is 0 Å². The standard InChI is InChI=1S/C19H16Cl3NO3/c1-10-4-6-11(7-5-10)12-9-23-17-15(12)13(25-2)8-14(26-3)16(17)18(24)19(20,21)22/h4-9,23H,1-3H3. The Morgan fingerprint density at radius 3 is 2.19 bits per heavy atom. The molecule has 4 nitrogen and oxygen atoms in total. The Kier molecular flexibility index (Phi) is 5.11. The number of alkyl halides is 3. The van der Waals surface area contributed by atoms with Crippen molar-refractivity contribution < 1.29 is 14.3 Å². The molecule has 0 aliphatic rings. The van der Waals surface area contributed by atoms with E-state index in [4.69, 9.17) is 44.3 Å². The first kappa shape index (κ1) is 18.9. The maximum absolute atomic E-state index is 12.7. The first-order valence-corrected chi connectivity index (χ1v) is 8.86. The van der Waals surface area contributed by atoms with E-state index in [0.717, 1.165) is 22.1 Å². The molecule has 7 heteroatoms. The molecule has 136 valence electrons. The van der Waals surface area contributed by atoms with Crippen LogP contribution in [0, 0.1) is 6.92 Å². The predicted octanol–water partition coefficient (Wildman–Crippen LogP) is 5.71. The summed E-state index contributed by atoms with van der Waals surface area (Å²) < 4.78 is 8.76. The van der Waals surface area contributed by atoms with E-state index in [-0.39, 0.29) is 11.3 Å². The molecule has 26 heavy (non-hydrogen) atoms. The van der Waals surface area contributed by atoms with Gasteiger partial charge in [-0.1, -0.05) is 64.6 Å². The summed E-state index contributed by atoms with van der Waals surface area (Å²) in [6.07, 6.45) is 1.80. The van der Waals surface area contributed by atoms with Crippen molar-refractivity contribution in [3.8, 4) is 22.6 Å². The fourth-order valence-corrected chi connectivity index (χ4v) is 3.20. The second-order valence-corrected chi connectivity index (χ2v) is 8.08. The van der Waals surface area contributed by atoms with Gasteiger partial charge in [-0.3, -0.25) is 4.79 Å². The number of aromatic amines is 1. The Balaban J connectivity index is 2.36. The van der Waals surface area contributed by atoms with Crippen LogP contribution in [-0.2, 0) is 0 Å². The normalized spacial score (nSPS) is 11.6. The highest BCUT2D eigenvalue weighted by molar-refractivity contribution is 6.77. The van der Waals surface area contributed by atoms with E-state index in [9.17, 15) is 4.79 Å². The fourth-order valence-electron chi connectivity index (χ4n) is 2.91. The molecule has 0 amide bonds. The monoisotopic (exact) mass is 411 g/mol. The number of hydrogen-bond acceptors (Lipinski definition) is 3. The summed E-state index contributed by atoms with van der Waals surface area (Å²) in [6, 6.07) is 9.64. The molecule has 0 saturated heterocycles. The zero-order valence-corrected chi connectivity index (χ0v) is 16.6. The number of ketones is 1. The summed E-state index contributed by atoms with van der Waals surface area (Å²) in [5.74, 6) is 0.141. The highest BCUT2D eigenvalue weighted by atomic mass is 35.6. The second-order valence-electron chi connectivity index (χ2n) is 5.80. The minimum absolute atomic E-state index is 0.168. The highest BCUT2D eigenvalue weighted by Gasteiger charge is 2.36. The summed E-state index contributed by atoms with van der Waals surface area (Å²) in [5.41, 5.74) is 3.65. The van der Waals surface area contributed by atoms with Gasteiger partial charge in [0.1, 0.15) is 11.5 Å². The third-order valence-electron chi connectivity index (χ3n) is 4.17. The topological polar surface area (TPSA) is 51.3 Å². The molecule has 0 aliphatic heterocycles. The van der Waals surface area contributed by atoms with E-state index in [2.05, 4.69) is 4.98 Å². The number of ether oxygens (including phenoxy) is 2. The lowest BCUT2D eigenvalue weighted by molar-refractivity contribution is 0.0995. The molecule has 3 rings (SSSR count). The third-order valence-corrected chi connectivity index (χ3v) is 4.69. The SMILES string of the molecule is COc1cc(OC)c2c(-c3ccc(C)cc3)c[nH]c2c1C(=O)C(Cl)(Cl)Cl. The molecular formula is C19H16Cl3NO3. The van der Waals surface area contributed by atoms with Crippen LogP contribution in [-0.4, -0.2) is 28.8 Å². The van der Waals surface area contributed by atoms with E-state index >= 15 is 0 Å². The molecule has 0 fully saturated rings. The number of aryl methyl sites for hydroxylation is 1. The Morgan fingerprint density at radius 1 is 1.04 bits per heavy atom. The number of carbonyl (C=O) groups excluding carboxylic acids is 1. The van der Waals surface area contributed by atoms with Crippen molar-refractivity contribution in [2.24, 2.45) is 0 Å². The number of Topliss-reactive ketones (excluding diaryl/α,β-unsaturated/α-hetero) is 1. The van der Waals surface area contributed by atoms with Crippen LogP contribution in [0.3, 0.4) is 0 Å². The van der Waals surface area contributed by atoms with Crippen LogP contribution < -0.4 is 9.47 Å². The van der Waals surface area contributed by atoms with Crippen LogP contribution in [0.2, 0.25) is 0 Å². The van der Waals surface area contributed by atoms with Gasteiger partial charge in [0.2, 0.25) is 5.78 Å². The third kappa shape index (κ3) is 3.25. The largest absolute Gasteiger partial charge is 0.496 e. The lowest BCUT2D eigenvalue weighted by atomic mass is 9.99. The number of carbonyl (C=O) groups is 1. The van der Waals surface area contributed by atoms with Crippen molar-refractivity contribution in [2.75, 3.05) is 14.2 Å². The van der Waals surface area contributed by atoms with Gasteiger partial charge >= 0.3 is 0 Å². The minimum atomic E-state index is -2.11. The quantitative estimate of drug-likeness (QED) is 0.441. The van der Waals surface area contributed by atoms with Gasteiger partial charge in [0.05, 0.1) is 30.7 Å². The Labute approximate surface area is 166 Å². The van der Waals surface area contributed by atoms with E-state index < -0.39 is 9.58 Å². The van der Waals surface area contributed by atoms with Crippen LogP contribution in [0.5, 0.6) is 11.5 Å². The van der Waals surface area contributed by atoms with Crippen LogP contribution in [0.1, 0.15) is 15.9 Å². The maximum Gasteiger partial charge on any atom is 0.253 e. The number of rotatable bonds is 4. The molecular weight excluding hydrogens is 397 g/mol. The minimum Gasteiger partial charge on any atom is -0.496 e. The average Bonchev–Trinajstić information content (AvgIpc) is 3.04. The lowest BCUT2D eigenvalue weighted by Crippen LogP contribution is -2.20. The fraction of sp³-hybridized carbons (Fsp3) is 0.211. The van der Waals surface area contributed by atoms with Crippen molar-refractivity contribution in [3.63, 3.8) is 0 Å². The molecule has 3 aromatic rings. The number of halogens is 3. The zero-order chi connectivity index (χ0) is 19.1. The van der Waals surface area contributed by atoms with E-state index in [0.29, 0.717) is 11.3 Å². The molecule has 2 aromatic carbocycles. The molecule has 1 aromatic heterocycles. The molecule has 1 N–H and O–H groups in total. The van der Waals surface area contributed by atoms with Crippen molar-refractivity contribution in [3.05, 3.63) is 47.7 Å². The Hall–Kier alpha value is -1.88. The summed E-state index contributed by atoms with van der Waals surface area (Å²) in [7, 11) is 3.00. The van der Waals surface area contributed by atoms with E-state index in [1.807, 2.05) is 31.2 Å². The van der Waals surface area contributed by atoms with Crippen molar-refractivity contribution in [2.45, 2.75) is 10.7 Å². The number of aromatic nitrogens is 1. The number of H-pyrrole nitrogens is 1. The first-order valence-electron chi connectivity index (χ1n) is 7.72. The van der Waals surface area contributed by atoms with Crippen molar-refractivity contribution in [1.82, 2.24) is 4.98 Å². The predicted molar refractivity (Wildman–Crippen MR) is 106 cm³/mol. The average molecular weight is 413 g/mol.